The molecule has 1 aliphatic rings. The molecular formula is C18H27N5O2. The van der Waals surface area contributed by atoms with Crippen LogP contribution in [0.3, 0.4) is 0 Å². The van der Waals surface area contributed by atoms with Crippen LogP contribution < -0.4 is 5.32 Å². The summed E-state index contributed by atoms with van der Waals surface area (Å²) in [5.41, 5.74) is 0.783. The van der Waals surface area contributed by atoms with E-state index in [1.165, 1.54) is 0 Å². The summed E-state index contributed by atoms with van der Waals surface area (Å²) in [6.07, 6.45) is 5.06. The first-order valence-corrected chi connectivity index (χ1v) is 9.13. The molecule has 2 aromatic heterocycles. The number of hydrogen-bond acceptors (Lipinski definition) is 4. The van der Waals surface area contributed by atoms with Crippen molar-refractivity contribution in [2.45, 2.75) is 51.7 Å². The molecule has 1 aliphatic heterocycles. The number of aliphatic hydroxyl groups excluding tert-OH is 1. The fourth-order valence-corrected chi connectivity index (χ4v) is 3.48. The molecule has 0 aliphatic carbocycles. The minimum absolute atomic E-state index is 0.0600. The molecule has 0 aromatic carbocycles. The third-order valence-corrected chi connectivity index (χ3v) is 5.04. The van der Waals surface area contributed by atoms with Crippen LogP contribution in [0.15, 0.2) is 24.4 Å². The predicted octanol–water partition coefficient (Wildman–Crippen LogP) is 2.37. The fourth-order valence-electron chi connectivity index (χ4n) is 3.48. The van der Waals surface area contributed by atoms with Gasteiger partial charge in [0.25, 0.3) is 0 Å². The number of carbonyl (C=O) groups is 1. The summed E-state index contributed by atoms with van der Waals surface area (Å²) in [4.78, 5) is 14.5. The first-order valence-electron chi connectivity index (χ1n) is 9.13. The predicted molar refractivity (Wildman–Crippen MR) is 95.1 cm³/mol. The van der Waals surface area contributed by atoms with Crippen LogP contribution in [0.25, 0.3) is 5.65 Å². The number of nitrogens with zero attached hydrogens (tertiary/aromatic N) is 4. The standard InChI is InChI=1S/C18H27N5O2/c1-3-6-15(17-21-20-16-7-4-5-10-23(16)17)19-18(25)22-11-8-14(9-12-22)13(2)24/h4-5,7,10,13-15,24H,3,6,8-9,11-12H2,1-2H3,(H,19,25). The summed E-state index contributed by atoms with van der Waals surface area (Å²) < 4.78 is 1.93. The lowest BCUT2D eigenvalue weighted by Crippen LogP contribution is -2.46. The molecule has 1 saturated heterocycles. The quantitative estimate of drug-likeness (QED) is 0.871. The fraction of sp³-hybridized carbons (Fsp3) is 0.611. The molecule has 2 atom stereocenters. The molecule has 2 unspecified atom stereocenters. The van der Waals surface area contributed by atoms with Crippen molar-refractivity contribution < 1.29 is 9.90 Å². The molecule has 3 rings (SSSR count). The van der Waals surface area contributed by atoms with Gasteiger partial charge >= 0.3 is 6.03 Å². The van der Waals surface area contributed by atoms with Crippen molar-refractivity contribution in [2.24, 2.45) is 5.92 Å². The molecule has 2 amide bonds. The summed E-state index contributed by atoms with van der Waals surface area (Å²) in [6.45, 7) is 5.28. The molecule has 0 spiro atoms. The first-order chi connectivity index (χ1) is 12.1. The third kappa shape index (κ3) is 3.92. The largest absolute Gasteiger partial charge is 0.393 e. The van der Waals surface area contributed by atoms with Crippen LogP contribution in [0.4, 0.5) is 4.79 Å². The van der Waals surface area contributed by atoms with Crippen molar-refractivity contribution in [2.75, 3.05) is 13.1 Å². The van der Waals surface area contributed by atoms with Gasteiger partial charge in [-0.05, 0) is 44.2 Å². The molecule has 7 nitrogen and oxygen atoms in total. The Morgan fingerprint density at radius 2 is 2.12 bits per heavy atom. The zero-order chi connectivity index (χ0) is 17.8. The first kappa shape index (κ1) is 17.7. The van der Waals surface area contributed by atoms with Crippen LogP contribution >= 0.6 is 0 Å². The number of carbonyl (C=O) groups excluding carboxylic acids is 1. The Kier molecular flexibility index (Phi) is 5.53. The SMILES string of the molecule is CCCC(NC(=O)N1CCC(C(C)O)CC1)c1nnc2ccccn12. The van der Waals surface area contributed by atoms with E-state index in [-0.39, 0.29) is 24.1 Å². The molecule has 1 fully saturated rings. The minimum atomic E-state index is -0.305. The van der Waals surface area contributed by atoms with E-state index >= 15 is 0 Å². The molecule has 2 N–H and O–H groups in total. The van der Waals surface area contributed by atoms with E-state index in [2.05, 4.69) is 22.4 Å². The molecule has 2 aromatic rings. The number of aliphatic hydroxyl groups is 1. The van der Waals surface area contributed by atoms with Crippen molar-refractivity contribution in [1.29, 1.82) is 0 Å². The number of rotatable bonds is 5. The number of fused-ring (bicyclic) bond motifs is 1. The lowest BCUT2D eigenvalue weighted by molar-refractivity contribution is 0.0791. The van der Waals surface area contributed by atoms with Crippen LogP contribution in [-0.4, -0.2) is 49.8 Å². The van der Waals surface area contributed by atoms with Crippen LogP contribution in [0.2, 0.25) is 0 Å². The molecule has 25 heavy (non-hydrogen) atoms. The molecular weight excluding hydrogens is 318 g/mol. The highest BCUT2D eigenvalue weighted by Gasteiger charge is 2.27. The van der Waals surface area contributed by atoms with E-state index in [4.69, 9.17) is 0 Å². The van der Waals surface area contributed by atoms with Gasteiger partial charge in [-0.2, -0.15) is 0 Å². The Hall–Kier alpha value is -2.15. The Morgan fingerprint density at radius 1 is 1.36 bits per heavy atom. The summed E-state index contributed by atoms with van der Waals surface area (Å²) >= 11 is 0. The highest BCUT2D eigenvalue weighted by atomic mass is 16.3. The van der Waals surface area contributed by atoms with E-state index in [1.807, 2.05) is 40.6 Å². The van der Waals surface area contributed by atoms with Crippen LogP contribution in [-0.2, 0) is 0 Å². The third-order valence-electron chi connectivity index (χ3n) is 5.04. The van der Waals surface area contributed by atoms with E-state index < -0.39 is 0 Å². The van der Waals surface area contributed by atoms with Gasteiger partial charge in [-0.15, -0.1) is 10.2 Å². The van der Waals surface area contributed by atoms with Gasteiger partial charge < -0.3 is 15.3 Å². The van der Waals surface area contributed by atoms with Gasteiger partial charge in [-0.1, -0.05) is 19.4 Å². The number of amides is 2. The van der Waals surface area contributed by atoms with Gasteiger partial charge in [0.2, 0.25) is 0 Å². The molecule has 136 valence electrons. The van der Waals surface area contributed by atoms with Gasteiger partial charge in [0.1, 0.15) is 0 Å². The Balaban J connectivity index is 1.69. The average Bonchev–Trinajstić information content (AvgIpc) is 3.05. The second-order valence-electron chi connectivity index (χ2n) is 6.84. The van der Waals surface area contributed by atoms with Crippen LogP contribution in [0.1, 0.15) is 51.4 Å². The van der Waals surface area contributed by atoms with Crippen LogP contribution in [0, 0.1) is 5.92 Å². The number of piperidine rings is 1. The normalized spacial score (nSPS) is 18.3. The molecule has 7 heteroatoms. The van der Waals surface area contributed by atoms with Crippen LogP contribution in [0.5, 0.6) is 0 Å². The second kappa shape index (κ2) is 7.82. The van der Waals surface area contributed by atoms with Gasteiger partial charge in [-0.25, -0.2) is 4.79 Å². The Bertz CT molecular complexity index is 706. The topological polar surface area (TPSA) is 82.8 Å². The van der Waals surface area contributed by atoms with Gasteiger partial charge in [0, 0.05) is 19.3 Å². The summed E-state index contributed by atoms with van der Waals surface area (Å²) in [5, 5.41) is 21.3. The Labute approximate surface area is 148 Å². The zero-order valence-electron chi connectivity index (χ0n) is 14.9. The number of urea groups is 1. The number of pyridine rings is 1. The highest BCUT2D eigenvalue weighted by Crippen LogP contribution is 2.22. The maximum absolute atomic E-state index is 12.7. The van der Waals surface area contributed by atoms with Gasteiger partial charge in [-0.3, -0.25) is 4.40 Å². The van der Waals surface area contributed by atoms with Crippen molar-refractivity contribution in [3.8, 4) is 0 Å². The van der Waals surface area contributed by atoms with Gasteiger partial charge in [0.15, 0.2) is 11.5 Å². The van der Waals surface area contributed by atoms with Crippen molar-refractivity contribution >= 4 is 11.7 Å². The number of nitrogens with one attached hydrogen (secondary N) is 1. The molecule has 3 heterocycles. The van der Waals surface area contributed by atoms with Crippen molar-refractivity contribution in [3.63, 3.8) is 0 Å². The van der Waals surface area contributed by atoms with Crippen molar-refractivity contribution in [1.82, 2.24) is 24.8 Å². The smallest absolute Gasteiger partial charge is 0.317 e. The number of likely N-dealkylation sites (tertiary alicyclic amines) is 1. The average molecular weight is 345 g/mol. The summed E-state index contributed by atoms with van der Waals surface area (Å²) in [6, 6.07) is 5.54. The summed E-state index contributed by atoms with van der Waals surface area (Å²) in [5.74, 6) is 1.06. The summed E-state index contributed by atoms with van der Waals surface area (Å²) in [7, 11) is 0. The maximum atomic E-state index is 12.7. The lowest BCUT2D eigenvalue weighted by Gasteiger charge is -2.34. The van der Waals surface area contributed by atoms with Crippen molar-refractivity contribution in [3.05, 3.63) is 30.2 Å². The number of hydrogen-bond donors (Lipinski definition) is 2. The molecule has 0 bridgehead atoms. The maximum Gasteiger partial charge on any atom is 0.317 e. The van der Waals surface area contributed by atoms with Gasteiger partial charge in [0.05, 0.1) is 12.1 Å². The molecule has 0 saturated carbocycles. The molecule has 0 radical (unpaired) electrons. The monoisotopic (exact) mass is 345 g/mol. The van der Waals surface area contributed by atoms with E-state index in [0.717, 1.165) is 37.2 Å². The number of aromatic nitrogens is 3. The van der Waals surface area contributed by atoms with E-state index in [0.29, 0.717) is 13.1 Å². The minimum Gasteiger partial charge on any atom is -0.393 e. The highest BCUT2D eigenvalue weighted by molar-refractivity contribution is 5.74. The second-order valence-corrected chi connectivity index (χ2v) is 6.84. The van der Waals surface area contributed by atoms with E-state index in [1.54, 1.807) is 0 Å². The van der Waals surface area contributed by atoms with E-state index in [9.17, 15) is 9.90 Å². The lowest BCUT2D eigenvalue weighted by atomic mass is 9.92. The zero-order valence-corrected chi connectivity index (χ0v) is 14.9. The Morgan fingerprint density at radius 3 is 2.80 bits per heavy atom.